The standard InChI is InChI=1S/C26H32N2O2/c1-3-27(4-2)25(29)23-17-11-12-18-24(23)26(30)28(19-21-13-7-5-8-14-21)20-22-15-9-6-10-16-22/h5-16,23-24H,3-4,17-20H2,1-2H3. The first kappa shape index (κ1) is 21.8. The average molecular weight is 405 g/mol. The van der Waals surface area contributed by atoms with Crippen LogP contribution in [0, 0.1) is 11.8 Å². The maximum absolute atomic E-state index is 13.7. The fraction of sp³-hybridized carbons (Fsp3) is 0.385. The number of carbonyl (C=O) groups excluding carboxylic acids is 2. The van der Waals surface area contributed by atoms with Crippen molar-refractivity contribution in [3.8, 4) is 0 Å². The largest absolute Gasteiger partial charge is 0.343 e. The predicted molar refractivity (Wildman–Crippen MR) is 120 cm³/mol. The van der Waals surface area contributed by atoms with Gasteiger partial charge in [0.25, 0.3) is 0 Å². The lowest BCUT2D eigenvalue weighted by molar-refractivity contribution is -0.147. The second-order valence-electron chi connectivity index (χ2n) is 7.83. The van der Waals surface area contributed by atoms with Gasteiger partial charge < -0.3 is 9.80 Å². The van der Waals surface area contributed by atoms with Gasteiger partial charge in [-0.2, -0.15) is 0 Å². The van der Waals surface area contributed by atoms with Crippen LogP contribution >= 0.6 is 0 Å². The molecule has 1 aliphatic rings. The van der Waals surface area contributed by atoms with Crippen LogP contribution in [0.15, 0.2) is 72.8 Å². The summed E-state index contributed by atoms with van der Waals surface area (Å²) in [6.45, 7) is 6.42. The van der Waals surface area contributed by atoms with Gasteiger partial charge in [-0.25, -0.2) is 0 Å². The Labute approximate surface area is 180 Å². The van der Waals surface area contributed by atoms with Crippen molar-refractivity contribution in [3.63, 3.8) is 0 Å². The molecule has 2 atom stereocenters. The van der Waals surface area contributed by atoms with Crippen molar-refractivity contribution < 1.29 is 9.59 Å². The number of rotatable bonds is 8. The van der Waals surface area contributed by atoms with E-state index in [4.69, 9.17) is 0 Å². The number of hydrogen-bond acceptors (Lipinski definition) is 2. The zero-order chi connectivity index (χ0) is 21.3. The molecule has 0 saturated carbocycles. The van der Waals surface area contributed by atoms with Gasteiger partial charge in [0.05, 0.1) is 11.8 Å². The fourth-order valence-corrected chi connectivity index (χ4v) is 4.18. The average Bonchev–Trinajstić information content (AvgIpc) is 2.80. The van der Waals surface area contributed by atoms with Crippen molar-refractivity contribution >= 4 is 11.8 Å². The lowest BCUT2D eigenvalue weighted by atomic mass is 9.80. The van der Waals surface area contributed by atoms with Crippen molar-refractivity contribution in [1.29, 1.82) is 0 Å². The van der Waals surface area contributed by atoms with Gasteiger partial charge in [-0.3, -0.25) is 9.59 Å². The smallest absolute Gasteiger partial charge is 0.227 e. The lowest BCUT2D eigenvalue weighted by Gasteiger charge is -2.34. The van der Waals surface area contributed by atoms with Crippen LogP contribution < -0.4 is 0 Å². The molecule has 4 nitrogen and oxygen atoms in total. The van der Waals surface area contributed by atoms with Crippen LogP contribution in [0.25, 0.3) is 0 Å². The molecule has 4 heteroatoms. The van der Waals surface area contributed by atoms with Crippen LogP contribution in [0.1, 0.15) is 37.8 Å². The molecule has 0 saturated heterocycles. The maximum Gasteiger partial charge on any atom is 0.227 e. The molecule has 0 spiro atoms. The van der Waals surface area contributed by atoms with E-state index in [2.05, 4.69) is 12.2 Å². The Hall–Kier alpha value is -2.88. The van der Waals surface area contributed by atoms with Crippen LogP contribution in [0.2, 0.25) is 0 Å². The highest BCUT2D eigenvalue weighted by atomic mass is 16.2. The van der Waals surface area contributed by atoms with E-state index in [0.29, 0.717) is 39.0 Å². The van der Waals surface area contributed by atoms with Crippen molar-refractivity contribution in [2.75, 3.05) is 13.1 Å². The van der Waals surface area contributed by atoms with Crippen LogP contribution in [0.5, 0.6) is 0 Å². The SMILES string of the molecule is CCN(CC)C(=O)C1CC=CCC1C(=O)N(Cc1ccccc1)Cc1ccccc1. The van der Waals surface area contributed by atoms with Crippen LogP contribution in [-0.2, 0) is 22.7 Å². The summed E-state index contributed by atoms with van der Waals surface area (Å²) in [5.41, 5.74) is 2.19. The Kier molecular flexibility index (Phi) is 7.83. The minimum absolute atomic E-state index is 0.0672. The molecule has 1 aliphatic carbocycles. The summed E-state index contributed by atoms with van der Waals surface area (Å²) in [6, 6.07) is 20.1. The Balaban J connectivity index is 1.85. The molecular weight excluding hydrogens is 372 g/mol. The third-order valence-electron chi connectivity index (χ3n) is 5.89. The summed E-state index contributed by atoms with van der Waals surface area (Å²) in [6.07, 6.45) is 5.36. The molecule has 0 bridgehead atoms. The van der Waals surface area contributed by atoms with Crippen LogP contribution in [0.4, 0.5) is 0 Å². The second-order valence-corrected chi connectivity index (χ2v) is 7.83. The highest BCUT2D eigenvalue weighted by molar-refractivity contribution is 5.88. The summed E-state index contributed by atoms with van der Waals surface area (Å²) >= 11 is 0. The van der Waals surface area contributed by atoms with Gasteiger partial charge in [0, 0.05) is 26.2 Å². The summed E-state index contributed by atoms with van der Waals surface area (Å²) in [5, 5.41) is 0. The summed E-state index contributed by atoms with van der Waals surface area (Å²) in [7, 11) is 0. The van der Waals surface area contributed by atoms with Gasteiger partial charge in [-0.1, -0.05) is 72.8 Å². The van der Waals surface area contributed by atoms with E-state index >= 15 is 0 Å². The summed E-state index contributed by atoms with van der Waals surface area (Å²) < 4.78 is 0. The molecule has 0 aliphatic heterocycles. The summed E-state index contributed by atoms with van der Waals surface area (Å²) in [5.74, 6) is -0.424. The monoisotopic (exact) mass is 404 g/mol. The van der Waals surface area contributed by atoms with E-state index in [1.54, 1.807) is 0 Å². The third kappa shape index (κ3) is 5.38. The van der Waals surface area contributed by atoms with Crippen molar-refractivity contribution in [1.82, 2.24) is 9.80 Å². The van der Waals surface area contributed by atoms with Crippen molar-refractivity contribution in [2.24, 2.45) is 11.8 Å². The highest BCUT2D eigenvalue weighted by Gasteiger charge is 2.37. The number of amides is 2. The zero-order valence-corrected chi connectivity index (χ0v) is 18.0. The molecule has 0 N–H and O–H groups in total. The zero-order valence-electron chi connectivity index (χ0n) is 18.0. The van der Waals surface area contributed by atoms with Gasteiger partial charge in [0.2, 0.25) is 11.8 Å². The Morgan fingerprint density at radius 1 is 0.700 bits per heavy atom. The minimum Gasteiger partial charge on any atom is -0.343 e. The van der Waals surface area contributed by atoms with Gasteiger partial charge in [-0.05, 0) is 37.8 Å². The summed E-state index contributed by atoms with van der Waals surface area (Å²) in [4.78, 5) is 30.6. The van der Waals surface area contributed by atoms with E-state index < -0.39 is 0 Å². The molecule has 3 rings (SSSR count). The van der Waals surface area contributed by atoms with Gasteiger partial charge in [0.15, 0.2) is 0 Å². The first-order valence-corrected chi connectivity index (χ1v) is 10.9. The third-order valence-corrected chi connectivity index (χ3v) is 5.89. The number of nitrogens with zero attached hydrogens (tertiary/aromatic N) is 2. The van der Waals surface area contributed by atoms with E-state index in [-0.39, 0.29) is 23.7 Å². The Morgan fingerprint density at radius 3 is 1.50 bits per heavy atom. The normalized spacial score (nSPS) is 18.1. The van der Waals surface area contributed by atoms with Gasteiger partial charge >= 0.3 is 0 Å². The minimum atomic E-state index is -0.310. The predicted octanol–water partition coefficient (Wildman–Crippen LogP) is 4.67. The highest BCUT2D eigenvalue weighted by Crippen LogP contribution is 2.30. The molecule has 0 heterocycles. The first-order valence-electron chi connectivity index (χ1n) is 10.9. The number of allylic oxidation sites excluding steroid dienone is 2. The maximum atomic E-state index is 13.7. The number of benzene rings is 2. The number of carbonyl (C=O) groups is 2. The molecule has 0 fully saturated rings. The van der Waals surface area contributed by atoms with E-state index in [0.717, 1.165) is 11.1 Å². The molecule has 2 unspecified atom stereocenters. The first-order chi connectivity index (χ1) is 14.6. The van der Waals surface area contributed by atoms with Crippen molar-refractivity contribution in [2.45, 2.75) is 39.8 Å². The molecule has 0 aromatic heterocycles. The molecule has 2 aromatic rings. The molecule has 0 radical (unpaired) electrons. The number of hydrogen-bond donors (Lipinski definition) is 0. The molecule has 30 heavy (non-hydrogen) atoms. The lowest BCUT2D eigenvalue weighted by Crippen LogP contribution is -2.45. The van der Waals surface area contributed by atoms with Gasteiger partial charge in [-0.15, -0.1) is 0 Å². The fourth-order valence-electron chi connectivity index (χ4n) is 4.18. The quantitative estimate of drug-likeness (QED) is 0.600. The second kappa shape index (κ2) is 10.8. The van der Waals surface area contributed by atoms with Crippen molar-refractivity contribution in [3.05, 3.63) is 83.9 Å². The van der Waals surface area contributed by atoms with E-state index in [1.807, 2.05) is 84.3 Å². The topological polar surface area (TPSA) is 40.6 Å². The van der Waals surface area contributed by atoms with E-state index in [1.165, 1.54) is 0 Å². The Morgan fingerprint density at radius 2 is 1.10 bits per heavy atom. The van der Waals surface area contributed by atoms with Crippen LogP contribution in [-0.4, -0.2) is 34.7 Å². The molecular formula is C26H32N2O2. The van der Waals surface area contributed by atoms with E-state index in [9.17, 15) is 9.59 Å². The molecule has 2 aromatic carbocycles. The Bertz CT molecular complexity index is 802. The van der Waals surface area contributed by atoms with Crippen LogP contribution in [0.3, 0.4) is 0 Å². The molecule has 158 valence electrons. The van der Waals surface area contributed by atoms with Gasteiger partial charge in [0.1, 0.15) is 0 Å². The molecule has 2 amide bonds.